The third kappa shape index (κ3) is 6.59. The number of fused-ring (bicyclic) bond motifs is 1. The van der Waals surface area contributed by atoms with E-state index < -0.39 is 17.3 Å². The van der Waals surface area contributed by atoms with Gasteiger partial charge in [-0.25, -0.2) is 4.79 Å². The van der Waals surface area contributed by atoms with Gasteiger partial charge in [-0.05, 0) is 62.2 Å². The SMILES string of the molecule is CCOC(=O)c1oc2ccc([S+]([O-])N(CCc3ccccc3)c3ccccc3N3CCN(C(=O)c4ccccn4)CC3)cc2c1C. The number of hydrogen-bond acceptors (Lipinski definition) is 8. The zero-order valence-corrected chi connectivity index (χ0v) is 26.7. The van der Waals surface area contributed by atoms with Crippen LogP contribution in [0.3, 0.4) is 0 Å². The van der Waals surface area contributed by atoms with Crippen LogP contribution in [-0.2, 0) is 22.5 Å². The van der Waals surface area contributed by atoms with Gasteiger partial charge in [-0.15, -0.1) is 0 Å². The maximum atomic E-state index is 14.5. The van der Waals surface area contributed by atoms with E-state index in [4.69, 9.17) is 9.15 Å². The fourth-order valence-electron chi connectivity index (χ4n) is 5.74. The highest BCUT2D eigenvalue weighted by molar-refractivity contribution is 7.92. The molecule has 0 radical (unpaired) electrons. The number of furan rings is 1. The van der Waals surface area contributed by atoms with E-state index in [-0.39, 0.29) is 18.3 Å². The van der Waals surface area contributed by atoms with Crippen LogP contribution >= 0.6 is 0 Å². The van der Waals surface area contributed by atoms with Gasteiger partial charge in [-0.2, -0.15) is 4.31 Å². The average Bonchev–Trinajstić information content (AvgIpc) is 3.44. The number of anilines is 2. The number of benzene rings is 3. The molecule has 3 aromatic carbocycles. The molecular formula is C36H36N4O5S. The number of nitrogens with zero attached hydrogens (tertiary/aromatic N) is 4. The summed E-state index contributed by atoms with van der Waals surface area (Å²) in [5.41, 5.74) is 4.58. The summed E-state index contributed by atoms with van der Waals surface area (Å²) in [5, 5.41) is 0.721. The van der Waals surface area contributed by atoms with Crippen LogP contribution in [0.4, 0.5) is 11.4 Å². The normalized spacial score (nSPS) is 13.9. The van der Waals surface area contributed by atoms with E-state index in [9.17, 15) is 14.1 Å². The molecule has 1 saturated heterocycles. The van der Waals surface area contributed by atoms with E-state index in [2.05, 4.69) is 22.0 Å². The first-order valence-corrected chi connectivity index (χ1v) is 16.5. The minimum absolute atomic E-state index is 0.0739. The van der Waals surface area contributed by atoms with E-state index in [1.807, 2.05) is 70.7 Å². The molecule has 1 aliphatic rings. The second-order valence-electron chi connectivity index (χ2n) is 11.0. The number of aromatic nitrogens is 1. The second kappa shape index (κ2) is 14.1. The smallest absolute Gasteiger partial charge is 0.374 e. The van der Waals surface area contributed by atoms with Crippen LogP contribution in [0.25, 0.3) is 11.0 Å². The van der Waals surface area contributed by atoms with E-state index in [0.717, 1.165) is 22.3 Å². The molecule has 0 bridgehead atoms. The summed E-state index contributed by atoms with van der Waals surface area (Å²) in [6.07, 6.45) is 2.32. The molecule has 46 heavy (non-hydrogen) atoms. The largest absolute Gasteiger partial charge is 0.588 e. The van der Waals surface area contributed by atoms with Crippen LogP contribution in [0.1, 0.15) is 39.1 Å². The molecule has 3 heterocycles. The first kappa shape index (κ1) is 31.2. The van der Waals surface area contributed by atoms with E-state index in [1.54, 1.807) is 37.4 Å². The molecule has 10 heteroatoms. The van der Waals surface area contributed by atoms with Crippen molar-refractivity contribution in [1.29, 1.82) is 0 Å². The van der Waals surface area contributed by atoms with Gasteiger partial charge >= 0.3 is 5.97 Å². The fraction of sp³-hybridized carbons (Fsp3) is 0.250. The number of aryl methyl sites for hydroxylation is 1. The van der Waals surface area contributed by atoms with Crippen molar-refractivity contribution in [3.8, 4) is 0 Å². The number of para-hydroxylation sites is 2. The highest BCUT2D eigenvalue weighted by Gasteiger charge is 2.30. The Balaban J connectivity index is 1.29. The highest BCUT2D eigenvalue weighted by Crippen LogP contribution is 2.36. The molecule has 0 saturated carbocycles. The van der Waals surface area contributed by atoms with Crippen LogP contribution in [-0.4, -0.2) is 65.6 Å². The summed E-state index contributed by atoms with van der Waals surface area (Å²) in [7, 11) is 0. The lowest BCUT2D eigenvalue weighted by Crippen LogP contribution is -2.49. The molecule has 0 aliphatic carbocycles. The lowest BCUT2D eigenvalue weighted by Gasteiger charge is -2.38. The number of rotatable bonds is 10. The first-order valence-electron chi connectivity index (χ1n) is 15.4. The lowest BCUT2D eigenvalue weighted by molar-refractivity contribution is 0.0491. The van der Waals surface area contributed by atoms with Gasteiger partial charge in [0.2, 0.25) is 5.76 Å². The Hall–Kier alpha value is -4.80. The summed E-state index contributed by atoms with van der Waals surface area (Å²) in [6, 6.07) is 28.9. The molecule has 1 aliphatic heterocycles. The quantitative estimate of drug-likeness (QED) is 0.135. The Morgan fingerprint density at radius 2 is 1.70 bits per heavy atom. The van der Waals surface area contributed by atoms with E-state index in [0.29, 0.717) is 60.9 Å². The van der Waals surface area contributed by atoms with Gasteiger partial charge in [0.05, 0.1) is 18.8 Å². The van der Waals surface area contributed by atoms with Crippen molar-refractivity contribution < 1.29 is 23.3 Å². The number of carbonyl (C=O) groups is 2. The van der Waals surface area contributed by atoms with Crippen molar-refractivity contribution in [3.63, 3.8) is 0 Å². The van der Waals surface area contributed by atoms with Gasteiger partial charge in [-0.3, -0.25) is 9.78 Å². The number of piperazine rings is 1. The molecule has 1 amide bonds. The van der Waals surface area contributed by atoms with Crippen LogP contribution in [0.5, 0.6) is 0 Å². The Morgan fingerprint density at radius 1 is 0.957 bits per heavy atom. The predicted molar refractivity (Wildman–Crippen MR) is 180 cm³/mol. The van der Waals surface area contributed by atoms with Crippen LogP contribution in [0, 0.1) is 6.92 Å². The minimum Gasteiger partial charge on any atom is -0.588 e. The van der Waals surface area contributed by atoms with E-state index in [1.165, 1.54) is 0 Å². The number of hydrogen-bond donors (Lipinski definition) is 0. The topological polar surface area (TPSA) is 102 Å². The summed E-state index contributed by atoms with van der Waals surface area (Å²) < 4.78 is 27.5. The number of amides is 1. The zero-order chi connectivity index (χ0) is 32.0. The van der Waals surface area contributed by atoms with Crippen LogP contribution < -0.4 is 9.21 Å². The number of pyridine rings is 1. The maximum absolute atomic E-state index is 14.5. The van der Waals surface area contributed by atoms with Gasteiger partial charge < -0.3 is 23.5 Å². The Bertz CT molecular complexity index is 1810. The van der Waals surface area contributed by atoms with Gasteiger partial charge in [0.1, 0.15) is 28.3 Å². The molecule has 2 aromatic heterocycles. The molecule has 236 valence electrons. The molecule has 1 fully saturated rings. The summed E-state index contributed by atoms with van der Waals surface area (Å²) in [4.78, 5) is 34.4. The fourth-order valence-corrected chi connectivity index (χ4v) is 6.99. The molecule has 5 aromatic rings. The average molecular weight is 637 g/mol. The van der Waals surface area contributed by atoms with E-state index >= 15 is 0 Å². The van der Waals surface area contributed by atoms with Gasteiger partial charge in [-0.1, -0.05) is 48.5 Å². The summed E-state index contributed by atoms with van der Waals surface area (Å²) in [5.74, 6) is -0.430. The van der Waals surface area contributed by atoms with Crippen LogP contribution in [0.15, 0.2) is 107 Å². The minimum atomic E-state index is -1.59. The second-order valence-corrected chi connectivity index (χ2v) is 12.4. The maximum Gasteiger partial charge on any atom is 0.374 e. The molecule has 6 rings (SSSR count). The van der Waals surface area contributed by atoms with Crippen molar-refractivity contribution in [1.82, 2.24) is 9.88 Å². The van der Waals surface area contributed by atoms with Crippen molar-refractivity contribution >= 4 is 45.6 Å². The number of carbonyl (C=O) groups excluding carboxylic acids is 2. The van der Waals surface area contributed by atoms with Gasteiger partial charge in [0, 0.05) is 49.4 Å². The zero-order valence-electron chi connectivity index (χ0n) is 25.9. The van der Waals surface area contributed by atoms with Gasteiger partial charge in [0.25, 0.3) is 5.91 Å². The van der Waals surface area contributed by atoms with Gasteiger partial charge in [0.15, 0.2) is 4.90 Å². The van der Waals surface area contributed by atoms with Crippen LogP contribution in [0.2, 0.25) is 0 Å². The Morgan fingerprint density at radius 3 is 2.43 bits per heavy atom. The number of ether oxygens (including phenoxy) is 1. The van der Waals surface area contributed by atoms with Crippen molar-refractivity contribution in [2.45, 2.75) is 25.2 Å². The van der Waals surface area contributed by atoms with Crippen molar-refractivity contribution in [2.75, 3.05) is 48.5 Å². The monoisotopic (exact) mass is 636 g/mol. The van der Waals surface area contributed by atoms with Crippen molar-refractivity contribution in [2.24, 2.45) is 0 Å². The molecule has 1 atom stereocenters. The number of esters is 1. The third-order valence-electron chi connectivity index (χ3n) is 8.16. The molecular weight excluding hydrogens is 600 g/mol. The molecule has 0 spiro atoms. The van der Waals surface area contributed by atoms with Crippen molar-refractivity contribution in [3.05, 3.63) is 120 Å². The molecule has 9 nitrogen and oxygen atoms in total. The molecule has 1 unspecified atom stereocenters. The molecule has 0 N–H and O–H groups in total. The Labute approximate surface area is 271 Å². The standard InChI is InChI=1S/C36H36N4O5S/c1-3-44-36(42)34-26(2)29-25-28(16-17-33(29)45-34)46(43)40(20-18-27-11-5-4-6-12-27)32-15-8-7-14-31(32)38-21-23-39(24-22-38)35(41)30-13-9-10-19-37-30/h4-17,19,25H,3,18,20-24H2,1-2H3. The highest BCUT2D eigenvalue weighted by atomic mass is 32.2. The summed E-state index contributed by atoms with van der Waals surface area (Å²) in [6.45, 7) is 6.67. The third-order valence-corrected chi connectivity index (χ3v) is 9.60. The predicted octanol–water partition coefficient (Wildman–Crippen LogP) is 6.05. The Kier molecular flexibility index (Phi) is 9.56. The first-order chi connectivity index (χ1) is 22.4. The lowest BCUT2D eigenvalue weighted by atomic mass is 10.1. The summed E-state index contributed by atoms with van der Waals surface area (Å²) >= 11 is -1.59.